The molecule has 3 N–H and O–H groups in total. The molecule has 0 unspecified atom stereocenters. The first-order valence-corrected chi connectivity index (χ1v) is 8.78. The van der Waals surface area contributed by atoms with Crippen LogP contribution in [0.5, 0.6) is 0 Å². The molecule has 0 aromatic heterocycles. The van der Waals surface area contributed by atoms with Crippen molar-refractivity contribution in [2.24, 2.45) is 0 Å². The van der Waals surface area contributed by atoms with E-state index in [0.717, 1.165) is 0 Å². The summed E-state index contributed by atoms with van der Waals surface area (Å²) in [6.45, 7) is 0. The fourth-order valence-corrected chi connectivity index (χ4v) is 3.60. The second-order valence-electron chi connectivity index (χ2n) is 3.84. The zero-order valence-corrected chi connectivity index (χ0v) is 11.8. The van der Waals surface area contributed by atoms with E-state index in [1.807, 2.05) is 0 Å². The predicted molar refractivity (Wildman–Crippen MR) is 54.0 cm³/mol. The van der Waals surface area contributed by atoms with Gasteiger partial charge in [-0.25, -0.2) is 4.57 Å². The van der Waals surface area contributed by atoms with Crippen molar-refractivity contribution in [3.63, 3.8) is 0 Å². The molecule has 15 heteroatoms. The molecule has 0 aliphatic carbocycles. The lowest BCUT2D eigenvalue weighted by Gasteiger charge is -2.19. The Morgan fingerprint density at radius 3 is 0.905 bits per heavy atom. The molecule has 0 saturated heterocycles. The fourth-order valence-electron chi connectivity index (χ4n) is 1.20. The molecule has 0 spiro atoms. The molecule has 0 aromatic rings. The second-order valence-corrected chi connectivity index (χ2v) is 7.82. The number of phosphoric acid groups is 1. The van der Waals surface area contributed by atoms with Crippen LogP contribution in [0.4, 0.5) is 39.5 Å². The Morgan fingerprint density at radius 1 is 0.667 bits per heavy atom. The molecule has 0 fully saturated rings. The molecule has 21 heavy (non-hydrogen) atoms. The summed E-state index contributed by atoms with van der Waals surface area (Å²) in [5.74, 6) is 0. The standard InChI is InChI=1S/C6H7F9Si.H3O4P/c7-4(8,9)1-16(2-5(10,11)12)3-6(13,14)15;1-5(2,3)4/h16H,1-3H2;(H3,1,2,3,4). The van der Waals surface area contributed by atoms with Gasteiger partial charge in [0.05, 0.1) is 8.80 Å². The van der Waals surface area contributed by atoms with E-state index in [2.05, 4.69) is 0 Å². The molecule has 4 nitrogen and oxygen atoms in total. The van der Waals surface area contributed by atoms with Crippen molar-refractivity contribution in [2.45, 2.75) is 36.7 Å². The van der Waals surface area contributed by atoms with Gasteiger partial charge < -0.3 is 14.7 Å². The minimum atomic E-state index is -4.98. The Kier molecular flexibility index (Phi) is 8.54. The number of hydrogen-bond donors (Lipinski definition) is 3. The Morgan fingerprint density at radius 2 is 0.810 bits per heavy atom. The van der Waals surface area contributed by atoms with Crippen LogP contribution >= 0.6 is 7.82 Å². The van der Waals surface area contributed by atoms with Gasteiger partial charge in [0.1, 0.15) is 0 Å². The molecule has 130 valence electrons. The van der Waals surface area contributed by atoms with Crippen molar-refractivity contribution in [1.29, 1.82) is 0 Å². The van der Waals surface area contributed by atoms with E-state index in [-0.39, 0.29) is 0 Å². The van der Waals surface area contributed by atoms with Crippen LogP contribution < -0.4 is 0 Å². The van der Waals surface area contributed by atoms with Crippen LogP contribution in [0.25, 0.3) is 0 Å². The van der Waals surface area contributed by atoms with E-state index >= 15 is 0 Å². The van der Waals surface area contributed by atoms with E-state index in [9.17, 15) is 39.5 Å². The van der Waals surface area contributed by atoms with E-state index < -0.39 is 53.3 Å². The van der Waals surface area contributed by atoms with Gasteiger partial charge in [0.25, 0.3) is 0 Å². The Bertz CT molecular complexity index is 299. The van der Waals surface area contributed by atoms with E-state index in [1.165, 1.54) is 0 Å². The van der Waals surface area contributed by atoms with Crippen LogP contribution in [0, 0.1) is 0 Å². The zero-order valence-electron chi connectivity index (χ0n) is 9.80. The molecule has 0 heterocycles. The van der Waals surface area contributed by atoms with Gasteiger partial charge in [-0.15, -0.1) is 0 Å². The van der Waals surface area contributed by atoms with Gasteiger partial charge in [-0.1, -0.05) is 0 Å². The first-order valence-electron chi connectivity index (χ1n) is 4.77. The van der Waals surface area contributed by atoms with Gasteiger partial charge in [-0.05, 0) is 0 Å². The van der Waals surface area contributed by atoms with E-state index in [4.69, 9.17) is 19.2 Å². The minimum absolute atomic E-state index is 1.95. The molecule has 0 bridgehead atoms. The third kappa shape index (κ3) is 28.6. The minimum Gasteiger partial charge on any atom is -0.303 e. The molecule has 0 rings (SSSR count). The summed E-state index contributed by atoms with van der Waals surface area (Å²) in [6, 6.07) is -5.86. The highest BCUT2D eigenvalue weighted by molar-refractivity contribution is 7.45. The monoisotopic (exact) mass is 376 g/mol. The average Bonchev–Trinajstić information content (AvgIpc) is 1.86. The Balaban J connectivity index is 0. The summed E-state index contributed by atoms with van der Waals surface area (Å²) < 4.78 is 115. The Labute approximate surface area is 113 Å². The van der Waals surface area contributed by atoms with Gasteiger partial charge in [0, 0.05) is 18.1 Å². The van der Waals surface area contributed by atoms with Gasteiger partial charge in [0.15, 0.2) is 0 Å². The van der Waals surface area contributed by atoms with E-state index in [1.54, 1.807) is 0 Å². The van der Waals surface area contributed by atoms with Crippen LogP contribution in [0.1, 0.15) is 0 Å². The van der Waals surface area contributed by atoms with Gasteiger partial charge in [0.2, 0.25) is 0 Å². The summed E-state index contributed by atoms with van der Waals surface area (Å²) in [6.07, 6.45) is -14.9. The molecular formula is C6H10F9O4PSi. The molecule has 0 amide bonds. The predicted octanol–water partition coefficient (Wildman–Crippen LogP) is 2.97. The SMILES string of the molecule is FC(F)(F)C[SiH](CC(F)(F)F)CC(F)(F)F.O=P(O)(O)O. The normalized spacial score (nSPS) is 14.0. The average molecular weight is 376 g/mol. The van der Waals surface area contributed by atoms with Crippen LogP contribution in [0.3, 0.4) is 0 Å². The first-order chi connectivity index (χ1) is 8.79. The second kappa shape index (κ2) is 7.81. The van der Waals surface area contributed by atoms with Crippen LogP contribution in [-0.4, -0.2) is 42.0 Å². The number of hydrogen-bond acceptors (Lipinski definition) is 1. The van der Waals surface area contributed by atoms with Crippen molar-refractivity contribution < 1.29 is 58.8 Å². The van der Waals surface area contributed by atoms with Gasteiger partial charge in [-0.2, -0.15) is 39.5 Å². The molecule has 0 radical (unpaired) electrons. The molecule has 0 aromatic carbocycles. The number of halogens is 9. The van der Waals surface area contributed by atoms with Crippen molar-refractivity contribution in [3.05, 3.63) is 0 Å². The lowest BCUT2D eigenvalue weighted by Crippen LogP contribution is -2.32. The van der Waals surface area contributed by atoms with Crippen LogP contribution in [0.2, 0.25) is 18.1 Å². The summed E-state index contributed by atoms with van der Waals surface area (Å²) in [5, 5.41) is 0. The quantitative estimate of drug-likeness (QED) is 0.402. The maximum Gasteiger partial charge on any atom is 0.466 e. The summed E-state index contributed by atoms with van der Waals surface area (Å²) in [7, 11) is -8.62. The summed E-state index contributed by atoms with van der Waals surface area (Å²) in [4.78, 5) is 21.6. The van der Waals surface area contributed by atoms with Gasteiger partial charge >= 0.3 is 26.4 Å². The van der Waals surface area contributed by atoms with Crippen molar-refractivity contribution in [2.75, 3.05) is 0 Å². The topological polar surface area (TPSA) is 77.8 Å². The third-order valence-corrected chi connectivity index (χ3v) is 4.68. The van der Waals surface area contributed by atoms with Crippen LogP contribution in [0.15, 0.2) is 0 Å². The summed E-state index contributed by atoms with van der Waals surface area (Å²) >= 11 is 0. The maximum absolute atomic E-state index is 11.8. The van der Waals surface area contributed by atoms with Crippen molar-refractivity contribution in [1.82, 2.24) is 0 Å². The third-order valence-electron chi connectivity index (χ3n) is 1.56. The van der Waals surface area contributed by atoms with Crippen molar-refractivity contribution >= 4 is 16.6 Å². The number of alkyl halides is 9. The molecule has 0 aliphatic heterocycles. The summed E-state index contributed by atoms with van der Waals surface area (Å²) in [5.41, 5.74) is 0. The van der Waals surface area contributed by atoms with E-state index in [0.29, 0.717) is 0 Å². The zero-order chi connectivity index (χ0) is 17.7. The lowest BCUT2D eigenvalue weighted by atomic mass is 10.7. The first kappa shape index (κ1) is 23.0. The highest BCUT2D eigenvalue weighted by atomic mass is 31.2. The van der Waals surface area contributed by atoms with Crippen LogP contribution in [-0.2, 0) is 4.57 Å². The Hall–Kier alpha value is -0.303. The lowest BCUT2D eigenvalue weighted by molar-refractivity contribution is -0.124. The highest BCUT2D eigenvalue weighted by Gasteiger charge is 2.44. The highest BCUT2D eigenvalue weighted by Crippen LogP contribution is 2.35. The smallest absolute Gasteiger partial charge is 0.303 e. The maximum atomic E-state index is 11.8. The largest absolute Gasteiger partial charge is 0.466 e. The fraction of sp³-hybridized carbons (Fsp3) is 1.00. The van der Waals surface area contributed by atoms with Crippen molar-refractivity contribution in [3.8, 4) is 0 Å². The van der Waals surface area contributed by atoms with Gasteiger partial charge in [-0.3, -0.25) is 0 Å². The molecule has 0 aliphatic rings. The molecule has 0 saturated carbocycles. The molecule has 0 atom stereocenters. The number of rotatable bonds is 3. The molecular weight excluding hydrogens is 366 g/mol.